The molecule has 0 aliphatic heterocycles. The van der Waals surface area contributed by atoms with Crippen LogP contribution in [-0.2, 0) is 4.79 Å². The number of carbonyl (C=O) groups is 2. The van der Waals surface area contributed by atoms with Crippen LogP contribution >= 0.6 is 0 Å². The van der Waals surface area contributed by atoms with Crippen LogP contribution in [0.5, 0.6) is 0 Å². The molecule has 1 aliphatic rings. The summed E-state index contributed by atoms with van der Waals surface area (Å²) >= 11 is 0. The number of carboxylic acid groups (broad SMARTS) is 1. The summed E-state index contributed by atoms with van der Waals surface area (Å²) in [6, 6.07) is -1.03. The topological polar surface area (TPSA) is 69.6 Å². The quantitative estimate of drug-likeness (QED) is 0.805. The lowest BCUT2D eigenvalue weighted by atomic mass is 9.80. The van der Waals surface area contributed by atoms with Crippen LogP contribution in [0.1, 0.15) is 46.0 Å². The Kier molecular flexibility index (Phi) is 6.12. The number of aliphatic carboxylic acids is 1. The summed E-state index contributed by atoms with van der Waals surface area (Å²) in [4.78, 5) is 24.2. The van der Waals surface area contributed by atoms with Crippen LogP contribution in [0, 0.1) is 11.8 Å². The number of hydrogen-bond donors (Lipinski definition) is 2. The van der Waals surface area contributed by atoms with Crippen molar-refractivity contribution in [3.05, 3.63) is 0 Å². The lowest BCUT2D eigenvalue weighted by Gasteiger charge is -2.30. The Balaban J connectivity index is 2.43. The third-order valence-corrected chi connectivity index (χ3v) is 4.26. The van der Waals surface area contributed by atoms with Crippen molar-refractivity contribution in [3.8, 4) is 0 Å². The minimum absolute atomic E-state index is 0.285. The molecule has 0 aromatic rings. The summed E-state index contributed by atoms with van der Waals surface area (Å²) in [5, 5.41) is 11.9. The first-order valence-corrected chi connectivity index (χ1v) is 7.20. The van der Waals surface area contributed by atoms with Crippen LogP contribution in [0.4, 0.5) is 4.79 Å². The summed E-state index contributed by atoms with van der Waals surface area (Å²) in [7, 11) is 1.54. The van der Waals surface area contributed by atoms with Gasteiger partial charge in [0.05, 0.1) is 0 Å². The van der Waals surface area contributed by atoms with E-state index in [9.17, 15) is 9.59 Å². The number of urea groups is 1. The molecular formula is C14H26N2O3. The van der Waals surface area contributed by atoms with Crippen molar-refractivity contribution in [2.45, 2.75) is 52.0 Å². The number of carbonyl (C=O) groups excluding carboxylic acids is 1. The van der Waals surface area contributed by atoms with Gasteiger partial charge in [-0.05, 0) is 24.7 Å². The van der Waals surface area contributed by atoms with Crippen LogP contribution in [0.15, 0.2) is 0 Å². The monoisotopic (exact) mass is 270 g/mol. The number of likely N-dealkylation sites (N-methyl/N-ethyl adjacent to an activating group) is 1. The largest absolute Gasteiger partial charge is 0.480 e. The molecule has 5 nitrogen and oxygen atoms in total. The highest BCUT2D eigenvalue weighted by Crippen LogP contribution is 2.28. The van der Waals surface area contributed by atoms with Crippen molar-refractivity contribution in [1.82, 2.24) is 10.2 Å². The molecule has 1 rings (SSSR count). The number of carboxylic acids is 1. The van der Waals surface area contributed by atoms with E-state index in [1.165, 1.54) is 24.2 Å². The van der Waals surface area contributed by atoms with E-state index in [0.717, 1.165) is 6.42 Å². The van der Waals surface area contributed by atoms with E-state index in [0.29, 0.717) is 24.8 Å². The number of nitrogens with one attached hydrogen (secondary N) is 1. The zero-order valence-corrected chi connectivity index (χ0v) is 12.2. The minimum atomic E-state index is -0.953. The Hall–Kier alpha value is -1.26. The minimum Gasteiger partial charge on any atom is -0.480 e. The summed E-state index contributed by atoms with van der Waals surface area (Å²) in [6.45, 7) is 4.65. The van der Waals surface area contributed by atoms with Crippen molar-refractivity contribution >= 4 is 12.0 Å². The predicted octanol–water partition coefficient (Wildman–Crippen LogP) is 2.32. The van der Waals surface area contributed by atoms with Gasteiger partial charge in [0, 0.05) is 13.6 Å². The Morgan fingerprint density at radius 1 is 1.37 bits per heavy atom. The molecule has 1 saturated carbocycles. The van der Waals surface area contributed by atoms with Crippen LogP contribution < -0.4 is 5.32 Å². The fourth-order valence-corrected chi connectivity index (χ4v) is 2.80. The Labute approximate surface area is 115 Å². The SMILES string of the molecule is CCC(C(=O)O)N(C)C(=O)NCC1CCCCC1C. The maximum atomic E-state index is 11.9. The Morgan fingerprint density at radius 2 is 2.00 bits per heavy atom. The molecule has 19 heavy (non-hydrogen) atoms. The second-order valence-corrected chi connectivity index (χ2v) is 5.58. The molecule has 110 valence electrons. The van der Waals surface area contributed by atoms with Crippen LogP contribution in [-0.4, -0.2) is 41.6 Å². The molecule has 2 N–H and O–H groups in total. The molecule has 2 amide bonds. The lowest BCUT2D eigenvalue weighted by Crippen LogP contribution is -2.48. The van der Waals surface area contributed by atoms with Gasteiger partial charge in [-0.3, -0.25) is 0 Å². The van der Waals surface area contributed by atoms with Gasteiger partial charge in [0.1, 0.15) is 6.04 Å². The van der Waals surface area contributed by atoms with Crippen molar-refractivity contribution in [3.63, 3.8) is 0 Å². The molecule has 0 radical (unpaired) electrons. The average Bonchev–Trinajstić information content (AvgIpc) is 2.37. The van der Waals surface area contributed by atoms with Gasteiger partial charge in [-0.15, -0.1) is 0 Å². The van der Waals surface area contributed by atoms with E-state index < -0.39 is 12.0 Å². The number of hydrogen-bond acceptors (Lipinski definition) is 2. The van der Waals surface area contributed by atoms with E-state index in [4.69, 9.17) is 5.11 Å². The van der Waals surface area contributed by atoms with Crippen molar-refractivity contribution in [1.29, 1.82) is 0 Å². The van der Waals surface area contributed by atoms with Crippen molar-refractivity contribution < 1.29 is 14.7 Å². The van der Waals surface area contributed by atoms with Gasteiger partial charge in [-0.1, -0.05) is 33.1 Å². The second-order valence-electron chi connectivity index (χ2n) is 5.58. The van der Waals surface area contributed by atoms with Gasteiger partial charge < -0.3 is 15.3 Å². The highest BCUT2D eigenvalue weighted by Gasteiger charge is 2.26. The van der Waals surface area contributed by atoms with Gasteiger partial charge >= 0.3 is 12.0 Å². The summed E-state index contributed by atoms with van der Waals surface area (Å²) < 4.78 is 0. The number of amides is 2. The highest BCUT2D eigenvalue weighted by molar-refractivity contribution is 5.82. The molecule has 0 bridgehead atoms. The number of rotatable bonds is 5. The fraction of sp³-hybridized carbons (Fsp3) is 0.857. The first kappa shape index (κ1) is 15.8. The normalized spacial score (nSPS) is 24.6. The van der Waals surface area contributed by atoms with E-state index in [-0.39, 0.29) is 6.03 Å². The number of nitrogens with zero attached hydrogens (tertiary/aromatic N) is 1. The van der Waals surface area contributed by atoms with Crippen LogP contribution in [0.3, 0.4) is 0 Å². The molecule has 0 spiro atoms. The summed E-state index contributed by atoms with van der Waals surface area (Å²) in [5.74, 6) is 0.211. The maximum absolute atomic E-state index is 11.9. The van der Waals surface area contributed by atoms with E-state index >= 15 is 0 Å². The predicted molar refractivity (Wildman–Crippen MR) is 74.0 cm³/mol. The van der Waals surface area contributed by atoms with Gasteiger partial charge in [0.2, 0.25) is 0 Å². The second kappa shape index (κ2) is 7.36. The Morgan fingerprint density at radius 3 is 2.53 bits per heavy atom. The molecule has 0 heterocycles. The zero-order valence-electron chi connectivity index (χ0n) is 12.2. The van der Waals surface area contributed by atoms with Crippen molar-refractivity contribution in [2.75, 3.05) is 13.6 Å². The van der Waals surface area contributed by atoms with Gasteiger partial charge in [0.15, 0.2) is 0 Å². The lowest BCUT2D eigenvalue weighted by molar-refractivity contribution is -0.141. The molecule has 3 unspecified atom stereocenters. The first-order valence-electron chi connectivity index (χ1n) is 7.20. The third kappa shape index (κ3) is 4.40. The van der Waals surface area contributed by atoms with Crippen LogP contribution in [0.25, 0.3) is 0 Å². The average molecular weight is 270 g/mol. The zero-order chi connectivity index (χ0) is 14.4. The third-order valence-electron chi connectivity index (χ3n) is 4.26. The first-order chi connectivity index (χ1) is 8.97. The highest BCUT2D eigenvalue weighted by atomic mass is 16.4. The van der Waals surface area contributed by atoms with Gasteiger partial charge in [0.25, 0.3) is 0 Å². The van der Waals surface area contributed by atoms with Crippen LogP contribution in [0.2, 0.25) is 0 Å². The molecule has 1 aliphatic carbocycles. The molecule has 3 atom stereocenters. The molecular weight excluding hydrogens is 244 g/mol. The molecule has 0 aromatic carbocycles. The van der Waals surface area contributed by atoms with Gasteiger partial charge in [-0.2, -0.15) is 0 Å². The maximum Gasteiger partial charge on any atom is 0.326 e. The fourth-order valence-electron chi connectivity index (χ4n) is 2.80. The standard InChI is InChI=1S/C14H26N2O3/c1-4-12(13(17)18)16(3)14(19)15-9-11-8-6-5-7-10(11)2/h10-12H,4-9H2,1-3H3,(H,15,19)(H,17,18). The molecule has 0 aromatic heterocycles. The summed E-state index contributed by atoms with van der Waals surface area (Å²) in [6.07, 6.45) is 5.30. The van der Waals surface area contributed by atoms with Gasteiger partial charge in [-0.25, -0.2) is 9.59 Å². The van der Waals surface area contributed by atoms with E-state index in [1.807, 2.05) is 0 Å². The van der Waals surface area contributed by atoms with Crippen molar-refractivity contribution in [2.24, 2.45) is 11.8 Å². The molecule has 1 fully saturated rings. The molecule has 0 saturated heterocycles. The molecule has 5 heteroatoms. The Bertz CT molecular complexity index is 320. The smallest absolute Gasteiger partial charge is 0.326 e. The van der Waals surface area contributed by atoms with E-state index in [1.54, 1.807) is 14.0 Å². The van der Waals surface area contributed by atoms with E-state index in [2.05, 4.69) is 12.2 Å². The summed E-state index contributed by atoms with van der Waals surface area (Å²) in [5.41, 5.74) is 0.